The number of nitrogens with zero attached hydrogens (tertiary/aromatic N) is 2. The second kappa shape index (κ2) is 7.00. The number of likely N-dealkylation sites (N-methyl/N-ethyl adjacent to an activating group) is 1. The van der Waals surface area contributed by atoms with E-state index in [2.05, 4.69) is 4.98 Å². The van der Waals surface area contributed by atoms with Gasteiger partial charge in [-0.1, -0.05) is 29.8 Å². The number of rotatable bonds is 4. The Morgan fingerprint density at radius 2 is 1.91 bits per heavy atom. The molecule has 0 aliphatic heterocycles. The van der Waals surface area contributed by atoms with Crippen LogP contribution in [0, 0.1) is 0 Å². The zero-order valence-electron chi connectivity index (χ0n) is 12.2. The van der Waals surface area contributed by atoms with Crippen molar-refractivity contribution in [2.45, 2.75) is 18.6 Å². The fourth-order valence-corrected chi connectivity index (χ4v) is 2.35. The van der Waals surface area contributed by atoms with E-state index in [-0.39, 0.29) is 12.0 Å². The second-order valence-electron chi connectivity index (χ2n) is 5.04. The van der Waals surface area contributed by atoms with E-state index >= 15 is 0 Å². The van der Waals surface area contributed by atoms with Crippen LogP contribution in [0.15, 0.2) is 48.8 Å². The number of halogens is 4. The van der Waals surface area contributed by atoms with E-state index in [4.69, 9.17) is 11.6 Å². The summed E-state index contributed by atoms with van der Waals surface area (Å²) in [6, 6.07) is 6.53. The van der Waals surface area contributed by atoms with Crippen LogP contribution >= 0.6 is 11.6 Å². The zero-order chi connectivity index (χ0) is 17.0. The summed E-state index contributed by atoms with van der Waals surface area (Å²) in [6.45, 7) is 0. The minimum absolute atomic E-state index is 0.0380. The van der Waals surface area contributed by atoms with Gasteiger partial charge in [-0.05, 0) is 29.3 Å². The lowest BCUT2D eigenvalue weighted by Gasteiger charge is -2.30. The van der Waals surface area contributed by atoms with Crippen molar-refractivity contribution < 1.29 is 18.0 Å². The van der Waals surface area contributed by atoms with Gasteiger partial charge in [-0.2, -0.15) is 13.2 Å². The van der Waals surface area contributed by atoms with Gasteiger partial charge >= 0.3 is 6.18 Å². The van der Waals surface area contributed by atoms with E-state index in [0.29, 0.717) is 15.5 Å². The van der Waals surface area contributed by atoms with Gasteiger partial charge in [0.15, 0.2) is 6.04 Å². The van der Waals surface area contributed by atoms with Gasteiger partial charge in [0.2, 0.25) is 5.91 Å². The van der Waals surface area contributed by atoms with E-state index < -0.39 is 18.1 Å². The van der Waals surface area contributed by atoms with Crippen LogP contribution in [-0.2, 0) is 11.2 Å². The minimum Gasteiger partial charge on any atom is -0.330 e. The molecule has 1 atom stereocenters. The maximum atomic E-state index is 13.4. The molecule has 1 aromatic carbocycles. The summed E-state index contributed by atoms with van der Waals surface area (Å²) in [6.07, 6.45) is -1.75. The molecule has 0 fully saturated rings. The molecule has 23 heavy (non-hydrogen) atoms. The first-order valence-corrected chi connectivity index (χ1v) is 7.13. The Morgan fingerprint density at radius 1 is 1.26 bits per heavy atom. The van der Waals surface area contributed by atoms with Gasteiger partial charge in [-0.15, -0.1) is 0 Å². The Morgan fingerprint density at radius 3 is 2.43 bits per heavy atom. The highest BCUT2D eigenvalue weighted by atomic mass is 35.5. The summed E-state index contributed by atoms with van der Waals surface area (Å²) in [7, 11) is 1.14. The first kappa shape index (κ1) is 17.3. The normalized spacial score (nSPS) is 12.7. The van der Waals surface area contributed by atoms with Crippen molar-refractivity contribution in [1.29, 1.82) is 0 Å². The topological polar surface area (TPSA) is 33.2 Å². The monoisotopic (exact) mass is 342 g/mol. The Labute approximate surface area is 136 Å². The van der Waals surface area contributed by atoms with E-state index in [1.165, 1.54) is 36.7 Å². The highest BCUT2D eigenvalue weighted by Gasteiger charge is 2.45. The molecule has 2 rings (SSSR count). The van der Waals surface area contributed by atoms with Crippen molar-refractivity contribution in [3.8, 4) is 0 Å². The van der Waals surface area contributed by atoms with E-state index in [1.54, 1.807) is 12.1 Å². The third-order valence-electron chi connectivity index (χ3n) is 3.35. The Balaban J connectivity index is 2.25. The molecule has 0 saturated heterocycles. The van der Waals surface area contributed by atoms with Gasteiger partial charge in [0.05, 0.1) is 6.42 Å². The Hall–Kier alpha value is -2.08. The van der Waals surface area contributed by atoms with Crippen LogP contribution in [0.5, 0.6) is 0 Å². The quantitative estimate of drug-likeness (QED) is 0.840. The summed E-state index contributed by atoms with van der Waals surface area (Å²) in [4.78, 5) is 16.8. The number of amides is 1. The summed E-state index contributed by atoms with van der Waals surface area (Å²) < 4.78 is 40.2. The summed E-state index contributed by atoms with van der Waals surface area (Å²) in [5.41, 5.74) is 0.519. The third-order valence-corrected chi connectivity index (χ3v) is 3.61. The molecular weight excluding hydrogens is 329 g/mol. The summed E-state index contributed by atoms with van der Waals surface area (Å²) in [5, 5.41) is 0.332. The number of pyridine rings is 1. The van der Waals surface area contributed by atoms with Crippen molar-refractivity contribution in [3.05, 3.63) is 64.9 Å². The molecule has 122 valence electrons. The average Bonchev–Trinajstić information content (AvgIpc) is 2.49. The predicted octanol–water partition coefficient (Wildman–Crippen LogP) is 4.04. The molecule has 1 amide bonds. The number of hydrogen-bond donors (Lipinski definition) is 0. The largest absolute Gasteiger partial charge is 0.413 e. The predicted molar refractivity (Wildman–Crippen MR) is 81.0 cm³/mol. The molecule has 1 heterocycles. The number of carbonyl (C=O) groups is 1. The SMILES string of the molecule is CN(C(=O)Cc1cccnc1)[C@@H](c1ccc(Cl)cc1)C(F)(F)F. The van der Waals surface area contributed by atoms with Gasteiger partial charge in [-0.3, -0.25) is 9.78 Å². The third kappa shape index (κ3) is 4.45. The molecule has 0 saturated carbocycles. The average molecular weight is 343 g/mol. The molecule has 0 unspecified atom stereocenters. The highest BCUT2D eigenvalue weighted by Crippen LogP contribution is 2.37. The molecule has 0 bridgehead atoms. The number of hydrogen-bond acceptors (Lipinski definition) is 2. The zero-order valence-corrected chi connectivity index (χ0v) is 13.0. The Bertz CT molecular complexity index is 659. The van der Waals surface area contributed by atoms with Crippen molar-refractivity contribution in [1.82, 2.24) is 9.88 Å². The molecule has 0 aliphatic rings. The molecular formula is C16H14ClF3N2O. The van der Waals surface area contributed by atoms with Gasteiger partial charge in [0, 0.05) is 24.5 Å². The van der Waals surface area contributed by atoms with Crippen molar-refractivity contribution in [2.24, 2.45) is 0 Å². The first-order valence-electron chi connectivity index (χ1n) is 6.76. The van der Waals surface area contributed by atoms with Gasteiger partial charge in [-0.25, -0.2) is 0 Å². The minimum atomic E-state index is -4.59. The molecule has 7 heteroatoms. The van der Waals surface area contributed by atoms with Crippen LogP contribution in [0.4, 0.5) is 13.2 Å². The molecule has 0 radical (unpaired) electrons. The van der Waals surface area contributed by atoms with E-state index in [1.807, 2.05) is 0 Å². The maximum absolute atomic E-state index is 13.4. The van der Waals surface area contributed by atoms with Crippen LogP contribution in [0.25, 0.3) is 0 Å². The van der Waals surface area contributed by atoms with Crippen LogP contribution in [0.3, 0.4) is 0 Å². The van der Waals surface area contributed by atoms with Crippen LogP contribution in [0.2, 0.25) is 5.02 Å². The van der Waals surface area contributed by atoms with Crippen LogP contribution in [-0.4, -0.2) is 29.0 Å². The van der Waals surface area contributed by atoms with Gasteiger partial charge in [0.25, 0.3) is 0 Å². The van der Waals surface area contributed by atoms with Crippen molar-refractivity contribution >= 4 is 17.5 Å². The molecule has 1 aromatic heterocycles. The fourth-order valence-electron chi connectivity index (χ4n) is 2.22. The maximum Gasteiger partial charge on any atom is 0.413 e. The fraction of sp³-hybridized carbons (Fsp3) is 0.250. The second-order valence-corrected chi connectivity index (χ2v) is 5.47. The number of benzene rings is 1. The van der Waals surface area contributed by atoms with E-state index in [9.17, 15) is 18.0 Å². The molecule has 0 spiro atoms. The summed E-state index contributed by atoms with van der Waals surface area (Å²) in [5.74, 6) is -0.643. The smallest absolute Gasteiger partial charge is 0.330 e. The number of carbonyl (C=O) groups excluding carboxylic acids is 1. The van der Waals surface area contributed by atoms with Crippen molar-refractivity contribution in [2.75, 3.05) is 7.05 Å². The molecule has 0 N–H and O–H groups in total. The lowest BCUT2D eigenvalue weighted by molar-refractivity contribution is -0.188. The molecule has 2 aromatic rings. The molecule has 0 aliphatic carbocycles. The number of aromatic nitrogens is 1. The summed E-state index contributed by atoms with van der Waals surface area (Å²) >= 11 is 5.71. The molecule has 3 nitrogen and oxygen atoms in total. The van der Waals surface area contributed by atoms with Gasteiger partial charge in [0.1, 0.15) is 0 Å². The lowest BCUT2D eigenvalue weighted by atomic mass is 10.0. The first-order chi connectivity index (χ1) is 10.8. The van der Waals surface area contributed by atoms with Gasteiger partial charge < -0.3 is 4.90 Å². The lowest BCUT2D eigenvalue weighted by Crippen LogP contribution is -2.40. The van der Waals surface area contributed by atoms with Crippen LogP contribution in [0.1, 0.15) is 17.2 Å². The van der Waals surface area contributed by atoms with E-state index in [0.717, 1.165) is 7.05 Å². The Kier molecular flexibility index (Phi) is 5.26. The highest BCUT2D eigenvalue weighted by molar-refractivity contribution is 6.30. The van der Waals surface area contributed by atoms with Crippen LogP contribution < -0.4 is 0 Å². The standard InChI is InChI=1S/C16H14ClF3N2O/c1-22(14(23)9-11-3-2-8-21-10-11)15(16(18,19)20)12-4-6-13(17)7-5-12/h2-8,10,15H,9H2,1H3/t15-/m0/s1. The van der Waals surface area contributed by atoms with Crippen molar-refractivity contribution in [3.63, 3.8) is 0 Å². The number of alkyl halides is 3.